The SMILES string of the molecule is Cc1ccc(S(=O)(=O)Nc2ccc(C(=O)Nc3ccccc3OC(C)C)cc2C)cc1. The summed E-state index contributed by atoms with van der Waals surface area (Å²) in [6, 6.07) is 18.7. The van der Waals surface area contributed by atoms with Gasteiger partial charge in [0.05, 0.1) is 22.4 Å². The summed E-state index contributed by atoms with van der Waals surface area (Å²) in [6.45, 7) is 7.47. The number of nitrogens with one attached hydrogen (secondary N) is 2. The van der Waals surface area contributed by atoms with Crippen molar-refractivity contribution in [1.82, 2.24) is 0 Å². The highest BCUT2D eigenvalue weighted by Crippen LogP contribution is 2.26. The fourth-order valence-corrected chi connectivity index (χ4v) is 4.09. The number of amides is 1. The van der Waals surface area contributed by atoms with Gasteiger partial charge in [0.2, 0.25) is 0 Å². The third-order valence-corrected chi connectivity index (χ3v) is 5.94. The maximum Gasteiger partial charge on any atom is 0.261 e. The van der Waals surface area contributed by atoms with Gasteiger partial charge in [0.15, 0.2) is 0 Å². The van der Waals surface area contributed by atoms with E-state index in [2.05, 4.69) is 10.0 Å². The summed E-state index contributed by atoms with van der Waals surface area (Å²) >= 11 is 0. The van der Waals surface area contributed by atoms with E-state index in [1.807, 2.05) is 32.9 Å². The Morgan fingerprint density at radius 1 is 0.903 bits per heavy atom. The summed E-state index contributed by atoms with van der Waals surface area (Å²) in [4.78, 5) is 12.9. The molecular weight excluding hydrogens is 412 g/mol. The van der Waals surface area contributed by atoms with E-state index >= 15 is 0 Å². The van der Waals surface area contributed by atoms with Gasteiger partial charge in [-0.05, 0) is 75.7 Å². The number of rotatable bonds is 7. The van der Waals surface area contributed by atoms with Crippen LogP contribution in [0.25, 0.3) is 0 Å². The van der Waals surface area contributed by atoms with Gasteiger partial charge in [-0.3, -0.25) is 9.52 Å². The van der Waals surface area contributed by atoms with Crippen LogP contribution in [0.3, 0.4) is 0 Å². The number of benzene rings is 3. The average Bonchev–Trinajstić information content (AvgIpc) is 2.71. The van der Waals surface area contributed by atoms with Gasteiger partial charge in [0.1, 0.15) is 5.75 Å². The number of sulfonamides is 1. The van der Waals surface area contributed by atoms with Crippen molar-refractivity contribution in [3.63, 3.8) is 0 Å². The van der Waals surface area contributed by atoms with Crippen molar-refractivity contribution in [2.24, 2.45) is 0 Å². The molecule has 0 atom stereocenters. The lowest BCUT2D eigenvalue weighted by Crippen LogP contribution is -2.16. The molecule has 0 spiro atoms. The molecule has 3 aromatic rings. The predicted octanol–water partition coefficient (Wildman–Crippen LogP) is 5.14. The molecule has 0 saturated heterocycles. The van der Waals surface area contributed by atoms with Crippen LogP contribution in [0.15, 0.2) is 71.6 Å². The van der Waals surface area contributed by atoms with Gasteiger partial charge >= 0.3 is 0 Å². The first-order chi connectivity index (χ1) is 14.7. The van der Waals surface area contributed by atoms with Crippen molar-refractivity contribution < 1.29 is 17.9 Å². The first-order valence-electron chi connectivity index (χ1n) is 9.93. The van der Waals surface area contributed by atoms with Crippen molar-refractivity contribution in [3.05, 3.63) is 83.4 Å². The molecule has 0 radical (unpaired) electrons. The topological polar surface area (TPSA) is 84.5 Å². The minimum Gasteiger partial charge on any atom is -0.489 e. The van der Waals surface area contributed by atoms with Gasteiger partial charge in [-0.25, -0.2) is 8.42 Å². The molecule has 0 fully saturated rings. The fourth-order valence-electron chi connectivity index (χ4n) is 2.96. The molecule has 31 heavy (non-hydrogen) atoms. The van der Waals surface area contributed by atoms with Gasteiger partial charge in [-0.2, -0.15) is 0 Å². The highest BCUT2D eigenvalue weighted by Gasteiger charge is 2.17. The normalized spacial score (nSPS) is 11.3. The second kappa shape index (κ2) is 9.22. The maximum absolute atomic E-state index is 12.7. The number of ether oxygens (including phenoxy) is 1. The number of hydrogen-bond donors (Lipinski definition) is 2. The summed E-state index contributed by atoms with van der Waals surface area (Å²) in [5.41, 5.74) is 3.01. The quantitative estimate of drug-likeness (QED) is 0.535. The van der Waals surface area contributed by atoms with E-state index in [4.69, 9.17) is 4.74 Å². The predicted molar refractivity (Wildman–Crippen MR) is 123 cm³/mol. The number of aryl methyl sites for hydroxylation is 2. The van der Waals surface area contributed by atoms with E-state index in [0.717, 1.165) is 5.56 Å². The Balaban J connectivity index is 1.78. The van der Waals surface area contributed by atoms with E-state index in [9.17, 15) is 13.2 Å². The van der Waals surface area contributed by atoms with Crippen LogP contribution in [0.1, 0.15) is 35.3 Å². The molecular formula is C24H26N2O4S. The first kappa shape index (κ1) is 22.4. The van der Waals surface area contributed by atoms with Crippen molar-refractivity contribution in [3.8, 4) is 5.75 Å². The second-order valence-electron chi connectivity index (χ2n) is 7.57. The largest absolute Gasteiger partial charge is 0.489 e. The molecule has 3 rings (SSSR count). The highest BCUT2D eigenvalue weighted by molar-refractivity contribution is 7.92. The standard InChI is InChI=1S/C24H26N2O4S/c1-16(2)30-23-8-6-5-7-22(23)25-24(27)19-11-14-21(18(4)15-19)26-31(28,29)20-12-9-17(3)10-13-20/h5-16,26H,1-4H3,(H,25,27). The van der Waals surface area contributed by atoms with Crippen LogP contribution in [0, 0.1) is 13.8 Å². The number of hydrogen-bond acceptors (Lipinski definition) is 4. The molecule has 1 amide bonds. The van der Waals surface area contributed by atoms with E-state index < -0.39 is 10.0 Å². The van der Waals surface area contributed by atoms with Gasteiger partial charge in [0.25, 0.3) is 15.9 Å². The van der Waals surface area contributed by atoms with Crippen molar-refractivity contribution in [2.75, 3.05) is 10.0 Å². The van der Waals surface area contributed by atoms with Gasteiger partial charge in [-0.15, -0.1) is 0 Å². The highest BCUT2D eigenvalue weighted by atomic mass is 32.2. The minimum atomic E-state index is -3.72. The summed E-state index contributed by atoms with van der Waals surface area (Å²) in [6.07, 6.45) is -0.0267. The lowest BCUT2D eigenvalue weighted by atomic mass is 10.1. The van der Waals surface area contributed by atoms with Crippen LogP contribution in [-0.4, -0.2) is 20.4 Å². The van der Waals surface area contributed by atoms with E-state index in [1.54, 1.807) is 61.5 Å². The minimum absolute atomic E-state index is 0.0267. The molecule has 0 bridgehead atoms. The monoisotopic (exact) mass is 438 g/mol. The molecule has 0 saturated carbocycles. The lowest BCUT2D eigenvalue weighted by molar-refractivity contribution is 0.102. The Labute approximate surface area is 183 Å². The number of carbonyl (C=O) groups excluding carboxylic acids is 1. The third-order valence-electron chi connectivity index (χ3n) is 4.56. The maximum atomic E-state index is 12.7. The Morgan fingerprint density at radius 3 is 2.23 bits per heavy atom. The fraction of sp³-hybridized carbons (Fsp3) is 0.208. The molecule has 7 heteroatoms. The van der Waals surface area contributed by atoms with Crippen LogP contribution in [0.2, 0.25) is 0 Å². The zero-order valence-corrected chi connectivity index (χ0v) is 18.8. The zero-order valence-electron chi connectivity index (χ0n) is 18.0. The van der Waals surface area contributed by atoms with E-state index in [-0.39, 0.29) is 16.9 Å². The summed E-state index contributed by atoms with van der Waals surface area (Å²) in [5.74, 6) is 0.279. The van der Waals surface area contributed by atoms with E-state index in [0.29, 0.717) is 28.3 Å². The average molecular weight is 439 g/mol. The van der Waals surface area contributed by atoms with Crippen LogP contribution < -0.4 is 14.8 Å². The van der Waals surface area contributed by atoms with E-state index in [1.165, 1.54) is 0 Å². The lowest BCUT2D eigenvalue weighted by Gasteiger charge is -2.15. The number of para-hydroxylation sites is 2. The Morgan fingerprint density at radius 2 is 1.58 bits per heavy atom. The molecule has 3 aromatic carbocycles. The summed E-state index contributed by atoms with van der Waals surface area (Å²) < 4.78 is 33.6. The molecule has 0 aromatic heterocycles. The smallest absolute Gasteiger partial charge is 0.261 e. The molecule has 0 aliphatic rings. The third kappa shape index (κ3) is 5.64. The first-order valence-corrected chi connectivity index (χ1v) is 11.4. The Bertz CT molecular complexity index is 1190. The molecule has 0 aliphatic heterocycles. The second-order valence-corrected chi connectivity index (χ2v) is 9.25. The molecule has 0 aliphatic carbocycles. The molecule has 0 heterocycles. The Kier molecular flexibility index (Phi) is 6.65. The van der Waals surface area contributed by atoms with Gasteiger partial charge < -0.3 is 10.1 Å². The zero-order chi connectivity index (χ0) is 22.6. The van der Waals surface area contributed by atoms with Gasteiger partial charge in [0, 0.05) is 5.56 Å². The summed E-state index contributed by atoms with van der Waals surface area (Å²) in [7, 11) is -3.72. The number of carbonyl (C=O) groups is 1. The molecule has 0 unspecified atom stereocenters. The Hall–Kier alpha value is -3.32. The van der Waals surface area contributed by atoms with Crippen molar-refractivity contribution in [1.29, 1.82) is 0 Å². The number of anilines is 2. The molecule has 6 nitrogen and oxygen atoms in total. The van der Waals surface area contributed by atoms with Crippen molar-refractivity contribution >= 4 is 27.3 Å². The van der Waals surface area contributed by atoms with Gasteiger partial charge in [-0.1, -0.05) is 29.8 Å². The summed E-state index contributed by atoms with van der Waals surface area (Å²) in [5, 5.41) is 2.86. The molecule has 2 N–H and O–H groups in total. The van der Waals surface area contributed by atoms with Crippen LogP contribution in [-0.2, 0) is 10.0 Å². The van der Waals surface area contributed by atoms with Crippen LogP contribution in [0.4, 0.5) is 11.4 Å². The van der Waals surface area contributed by atoms with Crippen LogP contribution in [0.5, 0.6) is 5.75 Å². The molecule has 162 valence electrons. The van der Waals surface area contributed by atoms with Crippen molar-refractivity contribution in [2.45, 2.75) is 38.7 Å². The van der Waals surface area contributed by atoms with Crippen LogP contribution >= 0.6 is 0 Å².